The molecule has 20 heavy (non-hydrogen) atoms. The molecule has 0 radical (unpaired) electrons. The van der Waals surface area contributed by atoms with Gasteiger partial charge in [0.15, 0.2) is 10.8 Å². The summed E-state index contributed by atoms with van der Waals surface area (Å²) in [4.78, 5) is 15.4. The van der Waals surface area contributed by atoms with Crippen molar-refractivity contribution >= 4 is 45.6 Å². The Labute approximate surface area is 130 Å². The number of esters is 1. The van der Waals surface area contributed by atoms with Gasteiger partial charge in [-0.25, -0.2) is 9.78 Å². The molecule has 0 saturated carbocycles. The van der Waals surface area contributed by atoms with Gasteiger partial charge in [0.2, 0.25) is 0 Å². The van der Waals surface area contributed by atoms with Gasteiger partial charge in [-0.05, 0) is 24.1 Å². The first-order chi connectivity index (χ1) is 9.60. The van der Waals surface area contributed by atoms with Crippen molar-refractivity contribution in [2.45, 2.75) is 6.42 Å². The normalized spacial score (nSPS) is 10.3. The van der Waals surface area contributed by atoms with Crippen LogP contribution in [0.5, 0.6) is 0 Å². The van der Waals surface area contributed by atoms with Crippen LogP contribution in [0.4, 0.5) is 5.13 Å². The summed E-state index contributed by atoms with van der Waals surface area (Å²) >= 11 is 13.3. The van der Waals surface area contributed by atoms with Crippen molar-refractivity contribution in [2.24, 2.45) is 0 Å². The molecule has 1 aromatic carbocycles. The fourth-order valence-corrected chi connectivity index (χ4v) is 2.79. The molecule has 2 aromatic rings. The van der Waals surface area contributed by atoms with Gasteiger partial charge in [-0.1, -0.05) is 29.3 Å². The third kappa shape index (κ3) is 3.85. The fraction of sp³-hybridized carbons (Fsp3) is 0.231. The Kier molecular flexibility index (Phi) is 5.23. The highest BCUT2D eigenvalue weighted by molar-refractivity contribution is 7.13. The quantitative estimate of drug-likeness (QED) is 0.845. The van der Waals surface area contributed by atoms with E-state index in [0.717, 1.165) is 12.0 Å². The molecule has 4 nitrogen and oxygen atoms in total. The first-order valence-electron chi connectivity index (χ1n) is 5.82. The third-order valence-electron chi connectivity index (χ3n) is 2.58. The van der Waals surface area contributed by atoms with Gasteiger partial charge in [-0.3, -0.25) is 0 Å². The fourth-order valence-electron chi connectivity index (χ4n) is 1.58. The summed E-state index contributed by atoms with van der Waals surface area (Å²) in [6, 6.07) is 5.42. The van der Waals surface area contributed by atoms with Gasteiger partial charge in [-0.15, -0.1) is 11.3 Å². The molecule has 0 bridgehead atoms. The SMILES string of the molecule is COC(=O)c1csc(NCCc2ccc(Cl)cc2Cl)n1. The topological polar surface area (TPSA) is 51.2 Å². The number of ether oxygens (including phenoxy) is 1. The van der Waals surface area contributed by atoms with E-state index in [0.29, 0.717) is 27.4 Å². The zero-order valence-electron chi connectivity index (χ0n) is 10.7. The van der Waals surface area contributed by atoms with Gasteiger partial charge in [0, 0.05) is 22.0 Å². The van der Waals surface area contributed by atoms with Crippen LogP contribution in [-0.2, 0) is 11.2 Å². The van der Waals surface area contributed by atoms with Crippen LogP contribution in [0, 0.1) is 0 Å². The molecular weight excluding hydrogens is 319 g/mol. The Balaban J connectivity index is 1.89. The highest BCUT2D eigenvalue weighted by Crippen LogP contribution is 2.22. The van der Waals surface area contributed by atoms with E-state index in [9.17, 15) is 4.79 Å². The van der Waals surface area contributed by atoms with Crippen molar-refractivity contribution in [1.29, 1.82) is 0 Å². The number of rotatable bonds is 5. The molecule has 0 atom stereocenters. The summed E-state index contributed by atoms with van der Waals surface area (Å²) in [5.74, 6) is -0.435. The number of nitrogens with one attached hydrogen (secondary N) is 1. The average molecular weight is 331 g/mol. The lowest BCUT2D eigenvalue weighted by Crippen LogP contribution is -2.06. The van der Waals surface area contributed by atoms with Crippen LogP contribution >= 0.6 is 34.5 Å². The summed E-state index contributed by atoms with van der Waals surface area (Å²) in [7, 11) is 1.33. The minimum absolute atomic E-state index is 0.310. The second-order valence-corrected chi connectivity index (χ2v) is 5.64. The number of aromatic nitrogens is 1. The summed E-state index contributed by atoms with van der Waals surface area (Å²) in [6.07, 6.45) is 0.739. The van der Waals surface area contributed by atoms with E-state index in [-0.39, 0.29) is 0 Å². The zero-order chi connectivity index (χ0) is 14.5. The van der Waals surface area contributed by atoms with Gasteiger partial charge in [-0.2, -0.15) is 0 Å². The summed E-state index contributed by atoms with van der Waals surface area (Å²) in [5, 5.41) is 6.74. The number of benzene rings is 1. The molecule has 0 unspecified atom stereocenters. The van der Waals surface area contributed by atoms with E-state index < -0.39 is 5.97 Å². The molecule has 0 saturated heterocycles. The van der Waals surface area contributed by atoms with E-state index in [1.165, 1.54) is 18.4 Å². The molecule has 0 aliphatic carbocycles. The van der Waals surface area contributed by atoms with E-state index >= 15 is 0 Å². The van der Waals surface area contributed by atoms with Crippen LogP contribution in [0.2, 0.25) is 10.0 Å². The smallest absolute Gasteiger partial charge is 0.357 e. The second-order valence-electron chi connectivity index (χ2n) is 3.94. The zero-order valence-corrected chi connectivity index (χ0v) is 13.0. The number of thiazole rings is 1. The number of methoxy groups -OCH3 is 1. The van der Waals surface area contributed by atoms with Crippen LogP contribution in [0.3, 0.4) is 0 Å². The van der Waals surface area contributed by atoms with Crippen LogP contribution < -0.4 is 5.32 Å². The van der Waals surface area contributed by atoms with Crippen LogP contribution in [0.15, 0.2) is 23.6 Å². The number of carbonyl (C=O) groups excluding carboxylic acids is 1. The number of hydrogen-bond acceptors (Lipinski definition) is 5. The van der Waals surface area contributed by atoms with Crippen LogP contribution in [0.25, 0.3) is 0 Å². The lowest BCUT2D eigenvalue weighted by molar-refractivity contribution is 0.0595. The van der Waals surface area contributed by atoms with Crippen molar-refractivity contribution in [3.8, 4) is 0 Å². The molecule has 1 aromatic heterocycles. The predicted molar refractivity (Wildman–Crippen MR) is 82.1 cm³/mol. The van der Waals surface area contributed by atoms with E-state index in [1.54, 1.807) is 11.4 Å². The van der Waals surface area contributed by atoms with Crippen molar-refractivity contribution in [1.82, 2.24) is 4.98 Å². The highest BCUT2D eigenvalue weighted by Gasteiger charge is 2.10. The van der Waals surface area contributed by atoms with E-state index in [4.69, 9.17) is 23.2 Å². The molecule has 0 aliphatic heterocycles. The van der Waals surface area contributed by atoms with Gasteiger partial charge >= 0.3 is 5.97 Å². The number of nitrogens with zero attached hydrogens (tertiary/aromatic N) is 1. The average Bonchev–Trinajstić information content (AvgIpc) is 2.89. The standard InChI is InChI=1S/C13H12Cl2N2O2S/c1-19-12(18)11-7-20-13(17-11)16-5-4-8-2-3-9(14)6-10(8)15/h2-3,6-7H,4-5H2,1H3,(H,16,17). The molecule has 106 valence electrons. The molecule has 0 spiro atoms. The highest BCUT2D eigenvalue weighted by atomic mass is 35.5. The van der Waals surface area contributed by atoms with Crippen molar-refractivity contribution < 1.29 is 9.53 Å². The maximum Gasteiger partial charge on any atom is 0.357 e. The minimum Gasteiger partial charge on any atom is -0.464 e. The predicted octanol–water partition coefficient (Wildman–Crippen LogP) is 3.89. The maximum atomic E-state index is 11.3. The monoisotopic (exact) mass is 330 g/mol. The summed E-state index contributed by atoms with van der Waals surface area (Å²) in [5.41, 5.74) is 1.32. The van der Waals surface area contributed by atoms with Crippen molar-refractivity contribution in [3.63, 3.8) is 0 Å². The van der Waals surface area contributed by atoms with E-state index in [1.807, 2.05) is 12.1 Å². The Bertz CT molecular complexity index is 616. The number of halogens is 2. The van der Waals surface area contributed by atoms with Gasteiger partial charge in [0.25, 0.3) is 0 Å². The molecule has 7 heteroatoms. The summed E-state index contributed by atoms with van der Waals surface area (Å²) in [6.45, 7) is 0.662. The molecule has 0 aliphatic rings. The Hall–Kier alpha value is -1.30. The maximum absolute atomic E-state index is 11.3. The molecule has 0 amide bonds. The Morgan fingerprint density at radius 1 is 1.45 bits per heavy atom. The van der Waals surface area contributed by atoms with Crippen LogP contribution in [-0.4, -0.2) is 24.6 Å². The Morgan fingerprint density at radius 3 is 2.95 bits per heavy atom. The molecular formula is C13H12Cl2N2O2S. The molecule has 1 N–H and O–H groups in total. The molecule has 0 fully saturated rings. The second kappa shape index (κ2) is 6.92. The first-order valence-corrected chi connectivity index (χ1v) is 7.45. The molecule has 2 rings (SSSR count). The number of hydrogen-bond donors (Lipinski definition) is 1. The van der Waals surface area contributed by atoms with Gasteiger partial charge in [0.05, 0.1) is 7.11 Å². The number of anilines is 1. The Morgan fingerprint density at radius 2 is 2.25 bits per heavy atom. The van der Waals surface area contributed by atoms with Crippen molar-refractivity contribution in [2.75, 3.05) is 19.0 Å². The minimum atomic E-state index is -0.435. The first kappa shape index (κ1) is 15.1. The van der Waals surface area contributed by atoms with Gasteiger partial charge in [0.1, 0.15) is 0 Å². The molecule has 1 heterocycles. The largest absolute Gasteiger partial charge is 0.464 e. The van der Waals surface area contributed by atoms with Crippen molar-refractivity contribution in [3.05, 3.63) is 44.9 Å². The number of carbonyl (C=O) groups is 1. The van der Waals surface area contributed by atoms with Gasteiger partial charge < -0.3 is 10.1 Å². The summed E-state index contributed by atoms with van der Waals surface area (Å²) < 4.78 is 4.60. The van der Waals surface area contributed by atoms with Crippen LogP contribution in [0.1, 0.15) is 16.1 Å². The third-order valence-corrected chi connectivity index (χ3v) is 3.97. The lowest BCUT2D eigenvalue weighted by Gasteiger charge is -2.05. The van der Waals surface area contributed by atoms with E-state index in [2.05, 4.69) is 15.0 Å². The lowest BCUT2D eigenvalue weighted by atomic mass is 10.1.